The van der Waals surface area contributed by atoms with Crippen LogP contribution in [-0.4, -0.2) is 41.8 Å². The van der Waals surface area contributed by atoms with Crippen LogP contribution in [0.15, 0.2) is 6.07 Å². The average Bonchev–Trinajstić information content (AvgIpc) is 2.72. The smallest absolute Gasteiger partial charge is 0.0622 e. The Balaban J connectivity index is 2.14. The molecule has 1 heterocycles. The van der Waals surface area contributed by atoms with E-state index in [4.69, 9.17) is 0 Å². The molecule has 2 N–H and O–H groups in total. The Hall–Kier alpha value is -0.870. The molecule has 1 rings (SSSR count). The topological polar surface area (TPSA) is 44.0 Å². The van der Waals surface area contributed by atoms with E-state index in [-0.39, 0.29) is 0 Å². The van der Waals surface area contributed by atoms with E-state index in [0.717, 1.165) is 38.3 Å². The first kappa shape index (κ1) is 12.2. The van der Waals surface area contributed by atoms with Gasteiger partial charge < -0.3 is 10.2 Å². The molecule has 0 amide bonds. The molecule has 1 aromatic rings. The Kier molecular flexibility index (Phi) is 5.36. The van der Waals surface area contributed by atoms with Crippen LogP contribution in [0.4, 0.5) is 0 Å². The minimum Gasteiger partial charge on any atom is -0.310 e. The summed E-state index contributed by atoms with van der Waals surface area (Å²) in [5, 5.41) is 10.6. The third-order valence-corrected chi connectivity index (χ3v) is 2.57. The predicted molar refractivity (Wildman–Crippen MR) is 62.8 cm³/mol. The van der Waals surface area contributed by atoms with Gasteiger partial charge in [-0.15, -0.1) is 0 Å². The molecule has 0 aromatic carbocycles. The van der Waals surface area contributed by atoms with Gasteiger partial charge >= 0.3 is 0 Å². The number of likely N-dealkylation sites (N-methyl/N-ethyl adjacent to an activating group) is 1. The largest absolute Gasteiger partial charge is 0.310 e. The van der Waals surface area contributed by atoms with Crippen LogP contribution in [0.3, 0.4) is 0 Å². The second-order valence-corrected chi connectivity index (χ2v) is 3.81. The Morgan fingerprint density at radius 2 is 2.27 bits per heavy atom. The molecule has 1 aromatic heterocycles. The lowest BCUT2D eigenvalue weighted by Gasteiger charge is -2.13. The van der Waals surface area contributed by atoms with Gasteiger partial charge in [0.2, 0.25) is 0 Å². The van der Waals surface area contributed by atoms with Crippen molar-refractivity contribution in [1.82, 2.24) is 20.4 Å². The number of rotatable bonds is 7. The molecule has 0 spiro atoms. The Morgan fingerprint density at radius 1 is 1.47 bits per heavy atom. The SMILES string of the molecule is CCc1cc(CNCCN(C)CC)[nH]n1. The number of aromatic amines is 1. The minimum absolute atomic E-state index is 0.880. The van der Waals surface area contributed by atoms with Crippen molar-refractivity contribution in [1.29, 1.82) is 0 Å². The lowest BCUT2D eigenvalue weighted by atomic mass is 10.3. The van der Waals surface area contributed by atoms with Gasteiger partial charge in [-0.3, -0.25) is 5.10 Å². The molecule has 0 bridgehead atoms. The number of H-pyrrole nitrogens is 1. The van der Waals surface area contributed by atoms with E-state index in [1.807, 2.05) is 0 Å². The van der Waals surface area contributed by atoms with Crippen LogP contribution in [0.1, 0.15) is 25.2 Å². The molecule has 0 aliphatic rings. The molecule has 0 radical (unpaired) electrons. The Labute approximate surface area is 92.1 Å². The minimum atomic E-state index is 0.880. The van der Waals surface area contributed by atoms with E-state index >= 15 is 0 Å². The number of hydrogen-bond acceptors (Lipinski definition) is 3. The van der Waals surface area contributed by atoms with Gasteiger partial charge in [0.15, 0.2) is 0 Å². The van der Waals surface area contributed by atoms with Crippen LogP contribution in [0.25, 0.3) is 0 Å². The van der Waals surface area contributed by atoms with Gasteiger partial charge in [0.05, 0.1) is 5.69 Å². The number of hydrogen-bond donors (Lipinski definition) is 2. The highest BCUT2D eigenvalue weighted by Crippen LogP contribution is 1.99. The summed E-state index contributed by atoms with van der Waals surface area (Å²) in [4.78, 5) is 2.29. The summed E-state index contributed by atoms with van der Waals surface area (Å²) in [6.45, 7) is 8.37. The standard InChI is InChI=1S/C11H22N4/c1-4-10-8-11(14-13-10)9-12-6-7-15(3)5-2/h8,12H,4-7,9H2,1-3H3,(H,13,14). The molecular formula is C11H22N4. The monoisotopic (exact) mass is 210 g/mol. The quantitative estimate of drug-likeness (QED) is 0.660. The summed E-state index contributed by atoms with van der Waals surface area (Å²) in [6, 6.07) is 2.12. The summed E-state index contributed by atoms with van der Waals surface area (Å²) < 4.78 is 0. The normalized spacial score (nSPS) is 11.2. The van der Waals surface area contributed by atoms with Crippen molar-refractivity contribution in [3.63, 3.8) is 0 Å². The summed E-state index contributed by atoms with van der Waals surface area (Å²) in [5.74, 6) is 0. The van der Waals surface area contributed by atoms with Crippen LogP contribution < -0.4 is 5.32 Å². The van der Waals surface area contributed by atoms with E-state index in [0.29, 0.717) is 0 Å². The summed E-state index contributed by atoms with van der Waals surface area (Å²) in [7, 11) is 2.13. The summed E-state index contributed by atoms with van der Waals surface area (Å²) >= 11 is 0. The van der Waals surface area contributed by atoms with Crippen LogP contribution in [0, 0.1) is 0 Å². The van der Waals surface area contributed by atoms with Gasteiger partial charge in [-0.2, -0.15) is 5.10 Å². The van der Waals surface area contributed by atoms with Crippen LogP contribution in [-0.2, 0) is 13.0 Å². The second-order valence-electron chi connectivity index (χ2n) is 3.81. The van der Waals surface area contributed by atoms with E-state index < -0.39 is 0 Å². The van der Waals surface area contributed by atoms with Crippen molar-refractivity contribution in [3.05, 3.63) is 17.5 Å². The number of aromatic nitrogens is 2. The molecule has 86 valence electrons. The van der Waals surface area contributed by atoms with Crippen LogP contribution in [0.2, 0.25) is 0 Å². The van der Waals surface area contributed by atoms with Gasteiger partial charge in [0.25, 0.3) is 0 Å². The Morgan fingerprint density at radius 3 is 2.87 bits per heavy atom. The van der Waals surface area contributed by atoms with Crippen molar-refractivity contribution >= 4 is 0 Å². The zero-order valence-electron chi connectivity index (χ0n) is 10.0. The molecule has 0 atom stereocenters. The number of nitrogens with zero attached hydrogens (tertiary/aromatic N) is 2. The maximum atomic E-state index is 4.19. The fourth-order valence-corrected chi connectivity index (χ4v) is 1.33. The zero-order chi connectivity index (χ0) is 11.1. The fraction of sp³-hybridized carbons (Fsp3) is 0.727. The predicted octanol–water partition coefficient (Wildman–Crippen LogP) is 1.01. The van der Waals surface area contributed by atoms with Crippen molar-refractivity contribution in [2.45, 2.75) is 26.8 Å². The third kappa shape index (κ3) is 4.44. The highest BCUT2D eigenvalue weighted by molar-refractivity contribution is 5.07. The van der Waals surface area contributed by atoms with Gasteiger partial charge in [-0.25, -0.2) is 0 Å². The third-order valence-electron chi connectivity index (χ3n) is 2.57. The molecule has 0 unspecified atom stereocenters. The van der Waals surface area contributed by atoms with E-state index in [1.54, 1.807) is 0 Å². The lowest BCUT2D eigenvalue weighted by Crippen LogP contribution is -2.28. The molecule has 0 aliphatic heterocycles. The molecule has 0 fully saturated rings. The Bertz CT molecular complexity index is 269. The van der Waals surface area contributed by atoms with E-state index in [1.165, 1.54) is 5.69 Å². The molecular weight excluding hydrogens is 188 g/mol. The van der Waals surface area contributed by atoms with Crippen molar-refractivity contribution < 1.29 is 0 Å². The summed E-state index contributed by atoms with van der Waals surface area (Å²) in [5.41, 5.74) is 2.31. The number of nitrogens with one attached hydrogen (secondary N) is 2. The molecule has 0 saturated heterocycles. The molecule has 4 nitrogen and oxygen atoms in total. The van der Waals surface area contributed by atoms with Crippen molar-refractivity contribution in [2.24, 2.45) is 0 Å². The van der Waals surface area contributed by atoms with E-state index in [2.05, 4.69) is 47.4 Å². The zero-order valence-corrected chi connectivity index (χ0v) is 10.0. The molecule has 4 heteroatoms. The molecule has 15 heavy (non-hydrogen) atoms. The first-order chi connectivity index (χ1) is 7.26. The van der Waals surface area contributed by atoms with Crippen molar-refractivity contribution in [2.75, 3.05) is 26.7 Å². The van der Waals surface area contributed by atoms with E-state index in [9.17, 15) is 0 Å². The van der Waals surface area contributed by atoms with Crippen LogP contribution >= 0.6 is 0 Å². The van der Waals surface area contributed by atoms with Gasteiger partial charge in [0, 0.05) is 25.3 Å². The summed E-state index contributed by atoms with van der Waals surface area (Å²) in [6.07, 6.45) is 0.995. The first-order valence-corrected chi connectivity index (χ1v) is 5.68. The number of aryl methyl sites for hydroxylation is 1. The highest BCUT2D eigenvalue weighted by Gasteiger charge is 1.98. The van der Waals surface area contributed by atoms with Gasteiger partial charge in [-0.05, 0) is 26.1 Å². The maximum Gasteiger partial charge on any atom is 0.0622 e. The maximum absolute atomic E-state index is 4.19. The van der Waals surface area contributed by atoms with Crippen molar-refractivity contribution in [3.8, 4) is 0 Å². The van der Waals surface area contributed by atoms with Crippen LogP contribution in [0.5, 0.6) is 0 Å². The molecule has 0 saturated carbocycles. The highest BCUT2D eigenvalue weighted by atomic mass is 15.1. The average molecular weight is 210 g/mol. The molecule has 0 aliphatic carbocycles. The lowest BCUT2D eigenvalue weighted by molar-refractivity contribution is 0.348. The van der Waals surface area contributed by atoms with Gasteiger partial charge in [0.1, 0.15) is 0 Å². The van der Waals surface area contributed by atoms with Gasteiger partial charge in [-0.1, -0.05) is 13.8 Å². The second kappa shape index (κ2) is 6.58. The fourth-order valence-electron chi connectivity index (χ4n) is 1.33. The first-order valence-electron chi connectivity index (χ1n) is 5.68.